The van der Waals surface area contributed by atoms with E-state index in [0.717, 1.165) is 39.0 Å². The summed E-state index contributed by atoms with van der Waals surface area (Å²) >= 11 is 0. The Balaban J connectivity index is 1.60. The minimum absolute atomic E-state index is 0.287. The Hall–Kier alpha value is -4.99. The van der Waals surface area contributed by atoms with Gasteiger partial charge in [-0.15, -0.1) is 0 Å². The number of nitrogens with zero attached hydrogens (tertiary/aromatic N) is 1. The van der Waals surface area contributed by atoms with E-state index in [-0.39, 0.29) is 5.97 Å². The summed E-state index contributed by atoms with van der Waals surface area (Å²) in [5.74, 6) is -0.287. The van der Waals surface area contributed by atoms with Crippen LogP contribution in [0.5, 0.6) is 0 Å². The Morgan fingerprint density at radius 3 is 1.17 bits per heavy atom. The molecule has 0 fully saturated rings. The molecule has 0 spiro atoms. The zero-order chi connectivity index (χ0) is 29.0. The van der Waals surface area contributed by atoms with Gasteiger partial charge in [-0.05, 0) is 39.0 Å². The second-order valence-electron chi connectivity index (χ2n) is 9.99. The van der Waals surface area contributed by atoms with Crippen molar-refractivity contribution in [2.75, 3.05) is 20.2 Å². The molecular formula is C39H35NO2. The van der Waals surface area contributed by atoms with Crippen LogP contribution in [0.3, 0.4) is 0 Å². The first-order valence-corrected chi connectivity index (χ1v) is 14.2. The Bertz CT molecular complexity index is 1420. The smallest absolute Gasteiger partial charge is 0.327 e. The molecule has 0 N–H and O–H groups in total. The van der Waals surface area contributed by atoms with Crippen LogP contribution in [-0.4, -0.2) is 31.1 Å². The molecule has 5 aromatic carbocycles. The standard InChI is InChI=1S/C39H35NO2/c1-42-39(41)38(35-25-15-6-16-26-35)40(29-27-36(31-17-7-2-8-18-31)32-19-9-3-10-20-32)30-28-37(33-21-11-4-12-22-33)34-23-13-5-14-24-34/h2-28,38H,29-30H2,1H3/t38-/m1/s1. The number of carbonyl (C=O) groups is 1. The fraction of sp³-hybridized carbons (Fsp3) is 0.103. The van der Waals surface area contributed by atoms with Crippen molar-refractivity contribution in [3.05, 3.63) is 192 Å². The van der Waals surface area contributed by atoms with E-state index in [2.05, 4.69) is 114 Å². The lowest BCUT2D eigenvalue weighted by atomic mass is 9.96. The van der Waals surface area contributed by atoms with E-state index in [1.807, 2.05) is 54.6 Å². The third kappa shape index (κ3) is 7.20. The Morgan fingerprint density at radius 2 is 0.857 bits per heavy atom. The molecule has 5 rings (SSSR count). The van der Waals surface area contributed by atoms with Gasteiger partial charge in [0.15, 0.2) is 0 Å². The summed E-state index contributed by atoms with van der Waals surface area (Å²) < 4.78 is 5.38. The lowest BCUT2D eigenvalue weighted by Gasteiger charge is -2.29. The van der Waals surface area contributed by atoms with Gasteiger partial charge in [-0.25, -0.2) is 4.79 Å². The molecule has 0 saturated carbocycles. The van der Waals surface area contributed by atoms with Gasteiger partial charge >= 0.3 is 5.97 Å². The topological polar surface area (TPSA) is 29.5 Å². The third-order valence-corrected chi connectivity index (χ3v) is 7.30. The van der Waals surface area contributed by atoms with Crippen molar-refractivity contribution < 1.29 is 9.53 Å². The molecule has 208 valence electrons. The molecule has 0 radical (unpaired) electrons. The predicted octanol–water partition coefficient (Wildman–Crippen LogP) is 8.47. The molecule has 0 amide bonds. The summed E-state index contributed by atoms with van der Waals surface area (Å²) in [7, 11) is 1.46. The van der Waals surface area contributed by atoms with Crippen LogP contribution >= 0.6 is 0 Å². The van der Waals surface area contributed by atoms with Crippen molar-refractivity contribution in [2.24, 2.45) is 0 Å². The third-order valence-electron chi connectivity index (χ3n) is 7.30. The second kappa shape index (κ2) is 14.6. The highest BCUT2D eigenvalue weighted by molar-refractivity contribution is 5.82. The number of methoxy groups -OCH3 is 1. The van der Waals surface area contributed by atoms with Crippen LogP contribution in [0.2, 0.25) is 0 Å². The highest BCUT2D eigenvalue weighted by atomic mass is 16.5. The maximum absolute atomic E-state index is 13.4. The second-order valence-corrected chi connectivity index (χ2v) is 9.99. The van der Waals surface area contributed by atoms with E-state index < -0.39 is 6.04 Å². The van der Waals surface area contributed by atoms with Gasteiger partial charge in [-0.3, -0.25) is 4.90 Å². The fourth-order valence-corrected chi connectivity index (χ4v) is 5.22. The number of rotatable bonds is 11. The zero-order valence-electron chi connectivity index (χ0n) is 23.8. The van der Waals surface area contributed by atoms with Crippen LogP contribution in [0.15, 0.2) is 164 Å². The molecule has 5 aromatic rings. The highest BCUT2D eigenvalue weighted by Crippen LogP contribution is 2.28. The van der Waals surface area contributed by atoms with Crippen LogP contribution in [0, 0.1) is 0 Å². The van der Waals surface area contributed by atoms with Crippen molar-refractivity contribution in [1.82, 2.24) is 4.90 Å². The Labute approximate surface area is 249 Å². The largest absolute Gasteiger partial charge is 0.468 e. The lowest BCUT2D eigenvalue weighted by molar-refractivity contribution is -0.146. The summed E-state index contributed by atoms with van der Waals surface area (Å²) in [6, 6.07) is 50.9. The van der Waals surface area contributed by atoms with Gasteiger partial charge in [0, 0.05) is 13.1 Å². The average molecular weight is 550 g/mol. The first-order valence-electron chi connectivity index (χ1n) is 14.2. The summed E-state index contributed by atoms with van der Waals surface area (Å²) in [6.45, 7) is 1.06. The summed E-state index contributed by atoms with van der Waals surface area (Å²) in [5, 5.41) is 0. The first-order chi connectivity index (χ1) is 20.7. The Morgan fingerprint density at radius 1 is 0.548 bits per heavy atom. The van der Waals surface area contributed by atoms with Gasteiger partial charge in [-0.2, -0.15) is 0 Å². The quantitative estimate of drug-likeness (QED) is 0.155. The molecule has 0 aromatic heterocycles. The van der Waals surface area contributed by atoms with E-state index in [9.17, 15) is 4.79 Å². The molecule has 0 aliphatic rings. The SMILES string of the molecule is COC(=O)[C@@H](c1ccccc1)N(CC=C(c1ccccc1)c1ccccc1)CC=C(c1ccccc1)c1ccccc1. The van der Waals surface area contributed by atoms with Crippen molar-refractivity contribution in [1.29, 1.82) is 0 Å². The zero-order valence-corrected chi connectivity index (χ0v) is 23.8. The summed E-state index contributed by atoms with van der Waals surface area (Å²) in [5.41, 5.74) is 7.64. The average Bonchev–Trinajstić information content (AvgIpc) is 3.07. The molecule has 0 saturated heterocycles. The van der Waals surface area contributed by atoms with E-state index in [1.54, 1.807) is 0 Å². The van der Waals surface area contributed by atoms with Crippen LogP contribution in [0.25, 0.3) is 11.1 Å². The first kappa shape index (κ1) is 28.5. The van der Waals surface area contributed by atoms with Crippen LogP contribution < -0.4 is 0 Å². The van der Waals surface area contributed by atoms with Gasteiger partial charge in [0.25, 0.3) is 0 Å². The predicted molar refractivity (Wildman–Crippen MR) is 173 cm³/mol. The number of hydrogen-bond acceptors (Lipinski definition) is 3. The van der Waals surface area contributed by atoms with Crippen LogP contribution in [-0.2, 0) is 9.53 Å². The van der Waals surface area contributed by atoms with E-state index >= 15 is 0 Å². The monoisotopic (exact) mass is 549 g/mol. The Kier molecular flexibility index (Phi) is 9.91. The number of esters is 1. The molecule has 0 bridgehead atoms. The lowest BCUT2D eigenvalue weighted by Crippen LogP contribution is -2.35. The molecule has 3 nitrogen and oxygen atoms in total. The summed E-state index contributed by atoms with van der Waals surface area (Å²) in [6.07, 6.45) is 4.45. The van der Waals surface area contributed by atoms with E-state index in [4.69, 9.17) is 4.74 Å². The van der Waals surface area contributed by atoms with E-state index in [0.29, 0.717) is 13.1 Å². The van der Waals surface area contributed by atoms with Gasteiger partial charge < -0.3 is 4.74 Å². The molecular weight excluding hydrogens is 514 g/mol. The van der Waals surface area contributed by atoms with Crippen LogP contribution in [0.1, 0.15) is 33.9 Å². The van der Waals surface area contributed by atoms with E-state index in [1.165, 1.54) is 7.11 Å². The molecule has 0 heterocycles. The maximum atomic E-state index is 13.4. The van der Waals surface area contributed by atoms with Gasteiger partial charge in [0.05, 0.1) is 7.11 Å². The number of benzene rings is 5. The van der Waals surface area contributed by atoms with Crippen LogP contribution in [0.4, 0.5) is 0 Å². The summed E-state index contributed by atoms with van der Waals surface area (Å²) in [4.78, 5) is 15.6. The fourth-order valence-electron chi connectivity index (χ4n) is 5.22. The van der Waals surface area contributed by atoms with Gasteiger partial charge in [-0.1, -0.05) is 164 Å². The number of ether oxygens (including phenoxy) is 1. The molecule has 0 unspecified atom stereocenters. The van der Waals surface area contributed by atoms with Crippen molar-refractivity contribution in [3.63, 3.8) is 0 Å². The number of hydrogen-bond donors (Lipinski definition) is 0. The van der Waals surface area contributed by atoms with Gasteiger partial charge in [0.1, 0.15) is 6.04 Å². The highest BCUT2D eigenvalue weighted by Gasteiger charge is 2.28. The minimum Gasteiger partial charge on any atom is -0.468 e. The van der Waals surface area contributed by atoms with Crippen molar-refractivity contribution in [3.8, 4) is 0 Å². The molecule has 1 atom stereocenters. The minimum atomic E-state index is -0.579. The maximum Gasteiger partial charge on any atom is 0.327 e. The molecule has 42 heavy (non-hydrogen) atoms. The molecule has 0 aliphatic carbocycles. The normalized spacial score (nSPS) is 11.4. The van der Waals surface area contributed by atoms with Crippen molar-refractivity contribution >= 4 is 17.1 Å². The van der Waals surface area contributed by atoms with Crippen molar-refractivity contribution in [2.45, 2.75) is 6.04 Å². The molecule has 0 aliphatic heterocycles. The number of carbonyl (C=O) groups excluding carboxylic acids is 1. The van der Waals surface area contributed by atoms with Gasteiger partial charge in [0.2, 0.25) is 0 Å². The molecule has 3 heteroatoms.